The highest BCUT2D eigenvalue weighted by Gasteiger charge is 2.52. The number of nitrogens with zero attached hydrogens (tertiary/aromatic N) is 2. The highest BCUT2D eigenvalue weighted by atomic mass is 35.5. The van der Waals surface area contributed by atoms with Crippen molar-refractivity contribution in [3.8, 4) is 0 Å². The van der Waals surface area contributed by atoms with Gasteiger partial charge in [-0.05, 0) is 18.2 Å². The molecule has 2 heterocycles. The van der Waals surface area contributed by atoms with Crippen LogP contribution in [0.2, 0.25) is 5.02 Å². The Labute approximate surface area is 235 Å². The maximum Gasteiger partial charge on any atom is 0.303 e. The van der Waals surface area contributed by atoms with Crippen molar-refractivity contribution >= 4 is 47.5 Å². The molecule has 1 saturated heterocycles. The van der Waals surface area contributed by atoms with Crippen LogP contribution in [0.5, 0.6) is 0 Å². The predicted molar refractivity (Wildman–Crippen MR) is 135 cm³/mol. The molecule has 16 heteroatoms. The van der Waals surface area contributed by atoms with Crippen molar-refractivity contribution in [1.82, 2.24) is 9.99 Å². The van der Waals surface area contributed by atoms with E-state index in [4.69, 9.17) is 42.1 Å². The number of rotatable bonds is 10. The zero-order valence-corrected chi connectivity index (χ0v) is 22.5. The fourth-order valence-electron chi connectivity index (χ4n) is 3.85. The smallest absolute Gasteiger partial charge is 0.303 e. The van der Waals surface area contributed by atoms with Gasteiger partial charge in [0.2, 0.25) is 0 Å². The maximum atomic E-state index is 13.8. The second kappa shape index (κ2) is 13.7. The van der Waals surface area contributed by atoms with Crippen molar-refractivity contribution in [1.29, 1.82) is 0 Å². The van der Waals surface area contributed by atoms with Gasteiger partial charge in [0.15, 0.2) is 29.7 Å². The molecular weight excluding hydrogens is 581 g/mol. The van der Waals surface area contributed by atoms with Crippen molar-refractivity contribution in [3.05, 3.63) is 64.8 Å². The van der Waals surface area contributed by atoms with Crippen LogP contribution in [0.4, 0.5) is 13.2 Å². The lowest BCUT2D eigenvalue weighted by atomic mass is 9.96. The van der Waals surface area contributed by atoms with Crippen molar-refractivity contribution in [2.24, 2.45) is 11.6 Å². The third-order valence-electron chi connectivity index (χ3n) is 5.46. The van der Waals surface area contributed by atoms with Crippen LogP contribution >= 0.6 is 23.4 Å². The summed E-state index contributed by atoms with van der Waals surface area (Å²) in [5.41, 5.74) is 4.35. The summed E-state index contributed by atoms with van der Waals surface area (Å²) in [5.74, 6) is 0.203. The maximum absolute atomic E-state index is 13.8. The van der Waals surface area contributed by atoms with E-state index in [1.54, 1.807) is 6.07 Å². The number of halogens is 4. The molecule has 1 aromatic carbocycles. The summed E-state index contributed by atoms with van der Waals surface area (Å²) in [6.07, 6.45) is 0.127. The molecular formula is C24H24ClF3N4O7S. The second-order valence-corrected chi connectivity index (χ2v) is 9.96. The largest absolute Gasteiger partial charge is 0.463 e. The van der Waals surface area contributed by atoms with E-state index in [0.717, 1.165) is 36.8 Å². The summed E-state index contributed by atoms with van der Waals surface area (Å²) in [5, 5.41) is 1.19. The molecule has 0 saturated carbocycles. The second-order valence-electron chi connectivity index (χ2n) is 8.35. The average Bonchev–Trinajstić information content (AvgIpc) is 2.87. The number of benzene rings is 1. The molecule has 11 nitrogen and oxygen atoms in total. The molecule has 0 aliphatic carbocycles. The van der Waals surface area contributed by atoms with Crippen LogP contribution < -0.4 is 11.6 Å². The topological polar surface area (TPSA) is 156 Å². The molecule has 1 aliphatic rings. The van der Waals surface area contributed by atoms with Crippen LogP contribution in [0.15, 0.2) is 41.7 Å². The minimum absolute atomic E-state index is 0.0899. The average molecular weight is 605 g/mol. The monoisotopic (exact) mass is 604 g/mol. The Balaban J connectivity index is 2.08. The summed E-state index contributed by atoms with van der Waals surface area (Å²) in [6, 6.07) is 1.60. The Morgan fingerprint density at radius 3 is 2.40 bits per heavy atom. The van der Waals surface area contributed by atoms with Crippen molar-refractivity contribution in [3.63, 3.8) is 0 Å². The standard InChI is InChI=1S/C24H24ClF3N4O7S/c1-11(34)36-9-19-22(37-10-33)21(32(30)8-18(29)13-3-16(26)20(28)17(27)4-13)23(38-12(2)35)24(39-19)40-15-5-14(25)6-31-7-15/h3-8,10,19,21-24H,9,29-30H2,1-2H3/b18-8-. The molecule has 4 N–H and O–H groups in total. The van der Waals surface area contributed by atoms with Gasteiger partial charge in [-0.25, -0.2) is 19.0 Å². The zero-order chi connectivity index (χ0) is 29.6. The van der Waals surface area contributed by atoms with Crippen LogP contribution in [-0.4, -0.2) is 64.8 Å². The predicted octanol–water partition coefficient (Wildman–Crippen LogP) is 2.51. The molecule has 1 aliphatic heterocycles. The lowest BCUT2D eigenvalue weighted by molar-refractivity contribution is -0.211. The highest BCUT2D eigenvalue weighted by Crippen LogP contribution is 2.38. The number of nitrogens with two attached hydrogens (primary N) is 2. The van der Waals surface area contributed by atoms with Gasteiger partial charge in [0, 0.05) is 42.9 Å². The molecule has 0 radical (unpaired) electrons. The van der Waals surface area contributed by atoms with Gasteiger partial charge in [-0.3, -0.25) is 19.4 Å². The molecule has 40 heavy (non-hydrogen) atoms. The summed E-state index contributed by atoms with van der Waals surface area (Å²) in [6.45, 7) is 1.96. The van der Waals surface area contributed by atoms with Gasteiger partial charge in [0.25, 0.3) is 6.47 Å². The third-order valence-corrected chi connectivity index (χ3v) is 6.78. The third kappa shape index (κ3) is 7.78. The van der Waals surface area contributed by atoms with Crippen LogP contribution in [0.25, 0.3) is 5.70 Å². The molecule has 216 valence electrons. The van der Waals surface area contributed by atoms with E-state index in [-0.39, 0.29) is 17.7 Å². The summed E-state index contributed by atoms with van der Waals surface area (Å²) in [7, 11) is 0. The minimum atomic E-state index is -1.69. The summed E-state index contributed by atoms with van der Waals surface area (Å²) in [4.78, 5) is 39.6. The first-order valence-corrected chi connectivity index (χ1v) is 12.6. The van der Waals surface area contributed by atoms with Crippen LogP contribution in [0.1, 0.15) is 19.4 Å². The fourth-order valence-corrected chi connectivity index (χ4v) is 5.22. The molecule has 5 unspecified atom stereocenters. The van der Waals surface area contributed by atoms with Crippen molar-refractivity contribution < 1.29 is 46.5 Å². The quantitative estimate of drug-likeness (QED) is 0.102. The molecule has 0 bridgehead atoms. The lowest BCUT2D eigenvalue weighted by Gasteiger charge is -2.47. The first-order chi connectivity index (χ1) is 18.9. The number of ether oxygens (including phenoxy) is 4. The van der Waals surface area contributed by atoms with Gasteiger partial charge < -0.3 is 29.7 Å². The molecule has 5 atom stereocenters. The molecule has 0 spiro atoms. The van der Waals surface area contributed by atoms with Gasteiger partial charge >= 0.3 is 11.9 Å². The number of carbonyl (C=O) groups excluding carboxylic acids is 3. The Hall–Kier alpha value is -3.53. The van der Waals surface area contributed by atoms with E-state index in [1.807, 2.05) is 0 Å². The van der Waals surface area contributed by atoms with Gasteiger partial charge in [-0.1, -0.05) is 23.4 Å². The summed E-state index contributed by atoms with van der Waals surface area (Å²) >= 11 is 7.07. The zero-order valence-electron chi connectivity index (χ0n) is 21.0. The van der Waals surface area contributed by atoms with Crippen LogP contribution in [0.3, 0.4) is 0 Å². The number of esters is 2. The van der Waals surface area contributed by atoms with E-state index in [0.29, 0.717) is 22.1 Å². The van der Waals surface area contributed by atoms with Crippen molar-refractivity contribution in [2.75, 3.05) is 6.61 Å². The molecule has 1 fully saturated rings. The SMILES string of the molecule is CC(=O)OCC1OC(Sc2cncc(Cl)c2)C(OC(C)=O)C(N(N)/C=C(\N)c2cc(F)c(F)c(F)c2)C1OC=O. The Kier molecular flexibility index (Phi) is 10.6. The molecule has 3 rings (SSSR count). The number of carbonyl (C=O) groups is 3. The van der Waals surface area contributed by atoms with E-state index < -0.39 is 65.8 Å². The van der Waals surface area contributed by atoms with Gasteiger partial charge in [-0.2, -0.15) is 0 Å². The number of hydrogen-bond acceptors (Lipinski definition) is 12. The molecule has 0 amide bonds. The first-order valence-electron chi connectivity index (χ1n) is 11.4. The highest BCUT2D eigenvalue weighted by molar-refractivity contribution is 7.99. The first kappa shape index (κ1) is 31.0. The van der Waals surface area contributed by atoms with E-state index >= 15 is 0 Å². The Morgan fingerprint density at radius 2 is 1.82 bits per heavy atom. The van der Waals surface area contributed by atoms with Crippen LogP contribution in [-0.2, 0) is 33.3 Å². The molecule has 1 aromatic heterocycles. The van der Waals surface area contributed by atoms with Gasteiger partial charge in [0.1, 0.15) is 24.2 Å². The van der Waals surface area contributed by atoms with Gasteiger partial charge in [0.05, 0.1) is 10.7 Å². The van der Waals surface area contributed by atoms with E-state index in [1.165, 1.54) is 12.4 Å². The normalized spacial score (nSPS) is 22.8. The Morgan fingerprint density at radius 1 is 1.15 bits per heavy atom. The molecule has 2 aromatic rings. The van der Waals surface area contributed by atoms with Gasteiger partial charge in [-0.15, -0.1) is 0 Å². The lowest BCUT2D eigenvalue weighted by Crippen LogP contribution is -2.66. The van der Waals surface area contributed by atoms with Crippen LogP contribution in [0, 0.1) is 17.5 Å². The number of pyridine rings is 1. The van der Waals surface area contributed by atoms with Crippen molar-refractivity contribution in [2.45, 2.75) is 48.5 Å². The van der Waals surface area contributed by atoms with E-state index in [2.05, 4.69) is 4.98 Å². The fraction of sp³-hybridized carbons (Fsp3) is 0.333. The number of hydrogen-bond donors (Lipinski definition) is 2. The number of aromatic nitrogens is 1. The Bertz CT molecular complexity index is 1270. The number of hydrazine groups is 1. The minimum Gasteiger partial charge on any atom is -0.463 e. The number of thioether (sulfide) groups is 1. The summed E-state index contributed by atoms with van der Waals surface area (Å²) < 4.78 is 63.0. The van der Waals surface area contributed by atoms with E-state index in [9.17, 15) is 27.6 Å².